The standard InChI is InChI=1S/C21H24ClN5O2/c1-3-18-24-19(26-11-7-8-14(13-26)21(28)29-4-2)15-12-23-27(20(15)25-18)17-10-6-5-9-16(17)22/h5-6,9-10,12,14H,3-4,7-8,11,13H2,1-2H3. The average molecular weight is 414 g/mol. The summed E-state index contributed by atoms with van der Waals surface area (Å²) < 4.78 is 7.00. The largest absolute Gasteiger partial charge is 0.466 e. The summed E-state index contributed by atoms with van der Waals surface area (Å²) in [5.41, 5.74) is 1.50. The van der Waals surface area contributed by atoms with Crippen molar-refractivity contribution in [3.63, 3.8) is 0 Å². The first-order valence-corrected chi connectivity index (χ1v) is 10.4. The van der Waals surface area contributed by atoms with E-state index in [9.17, 15) is 4.79 Å². The number of carbonyl (C=O) groups is 1. The zero-order valence-electron chi connectivity index (χ0n) is 16.6. The zero-order chi connectivity index (χ0) is 20.4. The number of anilines is 1. The fourth-order valence-corrected chi connectivity index (χ4v) is 3.97. The number of hydrogen-bond donors (Lipinski definition) is 0. The van der Waals surface area contributed by atoms with Crippen molar-refractivity contribution < 1.29 is 9.53 Å². The third kappa shape index (κ3) is 3.79. The highest BCUT2D eigenvalue weighted by molar-refractivity contribution is 6.32. The molecule has 2 aromatic heterocycles. The highest BCUT2D eigenvalue weighted by atomic mass is 35.5. The summed E-state index contributed by atoms with van der Waals surface area (Å²) in [5, 5.41) is 6.01. The maximum atomic E-state index is 12.3. The number of halogens is 1. The van der Waals surface area contributed by atoms with Crippen LogP contribution in [0.1, 0.15) is 32.5 Å². The number of aryl methyl sites for hydroxylation is 1. The highest BCUT2D eigenvalue weighted by Gasteiger charge is 2.29. The molecule has 1 atom stereocenters. The van der Waals surface area contributed by atoms with E-state index in [2.05, 4.69) is 10.00 Å². The molecule has 7 nitrogen and oxygen atoms in total. The van der Waals surface area contributed by atoms with E-state index in [1.807, 2.05) is 38.1 Å². The van der Waals surface area contributed by atoms with Gasteiger partial charge in [0.1, 0.15) is 11.6 Å². The van der Waals surface area contributed by atoms with Crippen LogP contribution in [0.15, 0.2) is 30.5 Å². The zero-order valence-corrected chi connectivity index (χ0v) is 17.4. The van der Waals surface area contributed by atoms with Crippen molar-refractivity contribution in [2.45, 2.75) is 33.1 Å². The number of carbonyl (C=O) groups excluding carboxylic acids is 1. The lowest BCUT2D eigenvalue weighted by Crippen LogP contribution is -2.40. The minimum absolute atomic E-state index is 0.134. The molecule has 0 N–H and O–H groups in total. The molecule has 152 valence electrons. The number of piperidine rings is 1. The van der Waals surface area contributed by atoms with Gasteiger partial charge < -0.3 is 9.64 Å². The normalized spacial score (nSPS) is 16.9. The highest BCUT2D eigenvalue weighted by Crippen LogP contribution is 2.31. The average Bonchev–Trinajstić information content (AvgIpc) is 3.17. The fraction of sp³-hybridized carbons (Fsp3) is 0.429. The van der Waals surface area contributed by atoms with E-state index in [4.69, 9.17) is 26.3 Å². The van der Waals surface area contributed by atoms with Crippen LogP contribution in [-0.4, -0.2) is 45.4 Å². The van der Waals surface area contributed by atoms with Crippen LogP contribution in [0.5, 0.6) is 0 Å². The molecular formula is C21H24ClN5O2. The van der Waals surface area contributed by atoms with Gasteiger partial charge in [-0.3, -0.25) is 4.79 Å². The van der Waals surface area contributed by atoms with E-state index in [0.717, 1.165) is 47.7 Å². The van der Waals surface area contributed by atoms with E-state index in [-0.39, 0.29) is 11.9 Å². The summed E-state index contributed by atoms with van der Waals surface area (Å²) >= 11 is 6.40. The number of benzene rings is 1. The maximum Gasteiger partial charge on any atom is 0.310 e. The molecule has 8 heteroatoms. The van der Waals surface area contributed by atoms with Crippen molar-refractivity contribution in [3.8, 4) is 5.69 Å². The van der Waals surface area contributed by atoms with Crippen LogP contribution in [0.2, 0.25) is 5.02 Å². The summed E-state index contributed by atoms with van der Waals surface area (Å²) in [4.78, 5) is 23.9. The number of aromatic nitrogens is 4. The van der Waals surface area contributed by atoms with Crippen molar-refractivity contribution >= 4 is 34.4 Å². The van der Waals surface area contributed by atoms with Gasteiger partial charge >= 0.3 is 5.97 Å². The Labute approximate surface area is 174 Å². The van der Waals surface area contributed by atoms with Gasteiger partial charge in [0, 0.05) is 19.5 Å². The Kier molecular flexibility index (Phi) is 5.67. The quantitative estimate of drug-likeness (QED) is 0.592. The van der Waals surface area contributed by atoms with Gasteiger partial charge in [0.25, 0.3) is 0 Å². The molecular weight excluding hydrogens is 390 g/mol. The molecule has 0 amide bonds. The molecule has 1 saturated heterocycles. The van der Waals surface area contributed by atoms with Crippen LogP contribution in [0.3, 0.4) is 0 Å². The second-order valence-corrected chi connectivity index (χ2v) is 7.51. The summed E-state index contributed by atoms with van der Waals surface area (Å²) in [6, 6.07) is 7.56. The lowest BCUT2D eigenvalue weighted by molar-refractivity contribution is -0.148. The van der Waals surface area contributed by atoms with E-state index >= 15 is 0 Å². The summed E-state index contributed by atoms with van der Waals surface area (Å²) in [6.07, 6.45) is 4.23. The maximum absolute atomic E-state index is 12.3. The SMILES string of the molecule is CCOC(=O)C1CCCN(c2nc(CC)nc3c2cnn3-c2ccccc2Cl)C1. The second kappa shape index (κ2) is 8.37. The number of para-hydroxylation sites is 1. The lowest BCUT2D eigenvalue weighted by atomic mass is 9.98. The van der Waals surface area contributed by atoms with Crippen LogP contribution < -0.4 is 4.90 Å². The molecule has 0 spiro atoms. The Bertz CT molecular complexity index is 1040. The lowest BCUT2D eigenvalue weighted by Gasteiger charge is -2.32. The molecule has 0 aliphatic carbocycles. The number of hydrogen-bond acceptors (Lipinski definition) is 6. The predicted octanol–water partition coefficient (Wildman–Crippen LogP) is 3.81. The predicted molar refractivity (Wildman–Crippen MR) is 113 cm³/mol. The van der Waals surface area contributed by atoms with Gasteiger partial charge in [0.05, 0.1) is 34.8 Å². The van der Waals surface area contributed by atoms with E-state index in [1.165, 1.54) is 0 Å². The van der Waals surface area contributed by atoms with Crippen molar-refractivity contribution in [2.24, 2.45) is 5.92 Å². The Morgan fingerprint density at radius 2 is 2.10 bits per heavy atom. The number of ether oxygens (including phenoxy) is 1. The van der Waals surface area contributed by atoms with Crippen LogP contribution in [0.4, 0.5) is 5.82 Å². The molecule has 0 radical (unpaired) electrons. The summed E-state index contributed by atoms with van der Waals surface area (Å²) in [5.74, 6) is 1.28. The molecule has 1 aliphatic rings. The molecule has 1 aromatic carbocycles. The minimum atomic E-state index is -0.141. The Morgan fingerprint density at radius 3 is 2.86 bits per heavy atom. The Hall–Kier alpha value is -2.67. The van der Waals surface area contributed by atoms with E-state index < -0.39 is 0 Å². The van der Waals surface area contributed by atoms with Gasteiger partial charge in [-0.05, 0) is 31.9 Å². The molecule has 1 fully saturated rings. The fourth-order valence-electron chi connectivity index (χ4n) is 3.76. The van der Waals surface area contributed by atoms with E-state index in [1.54, 1.807) is 10.9 Å². The monoisotopic (exact) mass is 413 g/mol. The second-order valence-electron chi connectivity index (χ2n) is 7.10. The van der Waals surface area contributed by atoms with Gasteiger partial charge in [-0.15, -0.1) is 0 Å². The molecule has 0 bridgehead atoms. The van der Waals surface area contributed by atoms with Crippen LogP contribution in [0.25, 0.3) is 16.7 Å². The molecule has 1 aliphatic heterocycles. The third-order valence-electron chi connectivity index (χ3n) is 5.19. The molecule has 3 aromatic rings. The number of esters is 1. The Morgan fingerprint density at radius 1 is 1.28 bits per heavy atom. The molecule has 4 rings (SSSR count). The number of nitrogens with zero attached hydrogens (tertiary/aromatic N) is 5. The third-order valence-corrected chi connectivity index (χ3v) is 5.51. The van der Waals surface area contributed by atoms with Crippen molar-refractivity contribution in [1.82, 2.24) is 19.7 Å². The van der Waals surface area contributed by atoms with Gasteiger partial charge in [0.15, 0.2) is 5.65 Å². The van der Waals surface area contributed by atoms with Crippen molar-refractivity contribution in [2.75, 3.05) is 24.6 Å². The van der Waals surface area contributed by atoms with Gasteiger partial charge in [-0.2, -0.15) is 5.10 Å². The summed E-state index contributed by atoms with van der Waals surface area (Å²) in [7, 11) is 0. The number of fused-ring (bicyclic) bond motifs is 1. The van der Waals surface area contributed by atoms with Crippen LogP contribution in [0, 0.1) is 5.92 Å². The first kappa shape index (κ1) is 19.6. The first-order chi connectivity index (χ1) is 14.1. The van der Waals surface area contributed by atoms with Gasteiger partial charge in [0.2, 0.25) is 0 Å². The number of rotatable bonds is 5. The van der Waals surface area contributed by atoms with E-state index in [0.29, 0.717) is 24.6 Å². The molecule has 29 heavy (non-hydrogen) atoms. The Balaban J connectivity index is 1.77. The topological polar surface area (TPSA) is 73.1 Å². The molecule has 0 saturated carbocycles. The minimum Gasteiger partial charge on any atom is -0.466 e. The van der Waals surface area contributed by atoms with Gasteiger partial charge in [-0.1, -0.05) is 30.7 Å². The molecule has 1 unspecified atom stereocenters. The van der Waals surface area contributed by atoms with Gasteiger partial charge in [-0.25, -0.2) is 14.6 Å². The summed E-state index contributed by atoms with van der Waals surface area (Å²) in [6.45, 7) is 5.69. The molecule has 3 heterocycles. The smallest absolute Gasteiger partial charge is 0.310 e. The van der Waals surface area contributed by atoms with Crippen LogP contribution in [-0.2, 0) is 16.0 Å². The first-order valence-electron chi connectivity index (χ1n) is 10.0. The van der Waals surface area contributed by atoms with Crippen molar-refractivity contribution in [3.05, 3.63) is 41.3 Å². The van der Waals surface area contributed by atoms with Crippen LogP contribution >= 0.6 is 11.6 Å². The van der Waals surface area contributed by atoms with Crippen molar-refractivity contribution in [1.29, 1.82) is 0 Å².